The molecule has 1 saturated heterocycles. The van der Waals surface area contributed by atoms with Crippen LogP contribution in [0.4, 0.5) is 5.69 Å². The Hall–Kier alpha value is -2.08. The lowest BCUT2D eigenvalue weighted by molar-refractivity contribution is -0.159. The Morgan fingerprint density at radius 2 is 1.85 bits per heavy atom. The number of ether oxygens (including phenoxy) is 1. The van der Waals surface area contributed by atoms with E-state index in [-0.39, 0.29) is 18.3 Å². The summed E-state index contributed by atoms with van der Waals surface area (Å²) in [6.07, 6.45) is -0.00417. The highest BCUT2D eigenvalue weighted by atomic mass is 35.5. The maximum atomic E-state index is 12.4. The van der Waals surface area contributed by atoms with Gasteiger partial charge in [0.2, 0.25) is 5.91 Å². The molecule has 1 fully saturated rings. The number of benzene rings is 2. The van der Waals surface area contributed by atoms with Crippen molar-refractivity contribution in [3.63, 3.8) is 0 Å². The van der Waals surface area contributed by atoms with Gasteiger partial charge in [-0.2, -0.15) is 0 Å². The van der Waals surface area contributed by atoms with Gasteiger partial charge in [0.15, 0.2) is 0 Å². The Labute approximate surface area is 161 Å². The Balaban J connectivity index is 1.68. The number of carbonyl (C=O) groups excluding carboxylic acids is 2. The Morgan fingerprint density at radius 1 is 1.15 bits per heavy atom. The van der Waals surface area contributed by atoms with E-state index < -0.39 is 6.04 Å². The van der Waals surface area contributed by atoms with Crippen LogP contribution in [0.2, 0.25) is 10.0 Å². The summed E-state index contributed by atoms with van der Waals surface area (Å²) in [6.45, 7) is 1.49. The summed E-state index contributed by atoms with van der Waals surface area (Å²) >= 11 is 11.9. The molecule has 0 aliphatic carbocycles. The lowest BCUT2D eigenvalue weighted by Crippen LogP contribution is -2.49. The summed E-state index contributed by atoms with van der Waals surface area (Å²) in [5.41, 5.74) is 1.57. The average molecular weight is 393 g/mol. The summed E-state index contributed by atoms with van der Waals surface area (Å²) < 4.78 is 5.14. The Bertz CT molecular complexity index is 778. The molecule has 1 aliphatic rings. The number of amides is 1. The molecule has 3 rings (SSSR count). The fraction of sp³-hybridized carbons (Fsp3) is 0.263. The molecule has 7 heteroatoms. The minimum atomic E-state index is -0.626. The molecule has 1 amide bonds. The van der Waals surface area contributed by atoms with Crippen molar-refractivity contribution in [1.82, 2.24) is 4.90 Å². The van der Waals surface area contributed by atoms with Gasteiger partial charge < -0.3 is 10.1 Å². The molecular formula is C19H18Cl2N2O3. The highest BCUT2D eigenvalue weighted by Crippen LogP contribution is 2.23. The normalized spacial score (nSPS) is 17.6. The van der Waals surface area contributed by atoms with Gasteiger partial charge in [-0.15, -0.1) is 0 Å². The fourth-order valence-electron chi connectivity index (χ4n) is 2.90. The van der Waals surface area contributed by atoms with Gasteiger partial charge in [0.1, 0.15) is 12.6 Å². The standard InChI is InChI=1S/C19H18Cl2N2O3/c20-14-8-15(21)10-16(9-14)22-18(24)11-17-19(25)26-7-6-23(17)12-13-4-2-1-3-5-13/h1-5,8-10,17H,6-7,11-12H2,(H,22,24)/t17-/m1/s1. The number of cyclic esters (lactones) is 1. The Kier molecular flexibility index (Phi) is 6.14. The molecule has 2 aromatic carbocycles. The fourth-order valence-corrected chi connectivity index (χ4v) is 3.42. The predicted molar refractivity (Wildman–Crippen MR) is 101 cm³/mol. The predicted octanol–water partition coefficient (Wildman–Crippen LogP) is 3.75. The number of carbonyl (C=O) groups is 2. The molecule has 0 saturated carbocycles. The smallest absolute Gasteiger partial charge is 0.323 e. The van der Waals surface area contributed by atoms with E-state index in [4.69, 9.17) is 27.9 Å². The van der Waals surface area contributed by atoms with Crippen LogP contribution in [0.25, 0.3) is 0 Å². The molecule has 0 unspecified atom stereocenters. The third-order valence-electron chi connectivity index (χ3n) is 4.09. The van der Waals surface area contributed by atoms with Gasteiger partial charge in [0.05, 0.1) is 6.42 Å². The topological polar surface area (TPSA) is 58.6 Å². The lowest BCUT2D eigenvalue weighted by Gasteiger charge is -2.33. The average Bonchev–Trinajstić information content (AvgIpc) is 2.58. The van der Waals surface area contributed by atoms with E-state index >= 15 is 0 Å². The van der Waals surface area contributed by atoms with Crippen LogP contribution in [0, 0.1) is 0 Å². The summed E-state index contributed by atoms with van der Waals surface area (Å²) in [7, 11) is 0. The van der Waals surface area contributed by atoms with Crippen molar-refractivity contribution in [2.24, 2.45) is 0 Å². The van der Waals surface area contributed by atoms with Gasteiger partial charge in [-0.05, 0) is 23.8 Å². The monoisotopic (exact) mass is 392 g/mol. The molecule has 0 radical (unpaired) electrons. The van der Waals surface area contributed by atoms with Crippen LogP contribution < -0.4 is 5.32 Å². The number of nitrogens with zero attached hydrogens (tertiary/aromatic N) is 1. The number of hydrogen-bond donors (Lipinski definition) is 1. The molecule has 1 heterocycles. The Morgan fingerprint density at radius 3 is 2.54 bits per heavy atom. The highest BCUT2D eigenvalue weighted by molar-refractivity contribution is 6.35. The third-order valence-corrected chi connectivity index (χ3v) is 4.53. The zero-order valence-corrected chi connectivity index (χ0v) is 15.5. The maximum Gasteiger partial charge on any atom is 0.323 e. The second-order valence-corrected chi connectivity index (χ2v) is 6.92. The van der Waals surface area contributed by atoms with Crippen molar-refractivity contribution < 1.29 is 14.3 Å². The molecule has 5 nitrogen and oxygen atoms in total. The van der Waals surface area contributed by atoms with Crippen LogP contribution >= 0.6 is 23.2 Å². The van der Waals surface area contributed by atoms with E-state index in [2.05, 4.69) is 5.32 Å². The van der Waals surface area contributed by atoms with E-state index in [1.165, 1.54) is 0 Å². The van der Waals surface area contributed by atoms with Crippen LogP contribution in [0.5, 0.6) is 0 Å². The van der Waals surface area contributed by atoms with E-state index in [1.54, 1.807) is 18.2 Å². The molecule has 0 bridgehead atoms. The molecule has 1 N–H and O–H groups in total. The first-order valence-electron chi connectivity index (χ1n) is 8.22. The van der Waals surface area contributed by atoms with Crippen LogP contribution in [0.3, 0.4) is 0 Å². The van der Waals surface area contributed by atoms with E-state index in [1.807, 2.05) is 35.2 Å². The number of esters is 1. The first-order chi connectivity index (χ1) is 12.5. The van der Waals surface area contributed by atoms with Gasteiger partial charge in [0, 0.05) is 28.8 Å². The van der Waals surface area contributed by atoms with E-state index in [0.29, 0.717) is 35.4 Å². The van der Waals surface area contributed by atoms with Gasteiger partial charge in [-0.3, -0.25) is 14.5 Å². The van der Waals surface area contributed by atoms with Gasteiger partial charge in [-0.1, -0.05) is 53.5 Å². The number of nitrogens with one attached hydrogen (secondary N) is 1. The van der Waals surface area contributed by atoms with Crippen LogP contribution in [-0.2, 0) is 20.9 Å². The summed E-state index contributed by atoms with van der Waals surface area (Å²) in [5, 5.41) is 3.59. The molecule has 1 atom stereocenters. The number of rotatable bonds is 5. The van der Waals surface area contributed by atoms with Crippen molar-refractivity contribution in [1.29, 1.82) is 0 Å². The van der Waals surface area contributed by atoms with Crippen molar-refractivity contribution >= 4 is 40.8 Å². The molecule has 26 heavy (non-hydrogen) atoms. The number of morpholine rings is 1. The minimum Gasteiger partial charge on any atom is -0.463 e. The van der Waals surface area contributed by atoms with Crippen molar-refractivity contribution in [2.75, 3.05) is 18.5 Å². The van der Waals surface area contributed by atoms with Gasteiger partial charge >= 0.3 is 5.97 Å². The lowest BCUT2D eigenvalue weighted by atomic mass is 10.1. The van der Waals surface area contributed by atoms with Crippen molar-refractivity contribution in [2.45, 2.75) is 19.0 Å². The SMILES string of the molecule is O=C(C[C@@H]1C(=O)OCCN1Cc1ccccc1)Nc1cc(Cl)cc(Cl)c1. The van der Waals surface area contributed by atoms with Gasteiger partial charge in [0.25, 0.3) is 0 Å². The van der Waals surface area contributed by atoms with Crippen LogP contribution in [0.1, 0.15) is 12.0 Å². The van der Waals surface area contributed by atoms with Crippen LogP contribution in [-0.4, -0.2) is 36.0 Å². The minimum absolute atomic E-state index is 0.00417. The molecule has 0 aromatic heterocycles. The second-order valence-electron chi connectivity index (χ2n) is 6.05. The summed E-state index contributed by atoms with van der Waals surface area (Å²) in [5.74, 6) is -0.684. The summed E-state index contributed by atoms with van der Waals surface area (Å²) in [6, 6.07) is 14.0. The van der Waals surface area contributed by atoms with Crippen molar-refractivity contribution in [3.8, 4) is 0 Å². The quantitative estimate of drug-likeness (QED) is 0.787. The molecule has 0 spiro atoms. The zero-order valence-electron chi connectivity index (χ0n) is 14.0. The maximum absolute atomic E-state index is 12.4. The van der Waals surface area contributed by atoms with E-state index in [9.17, 15) is 9.59 Å². The third kappa shape index (κ3) is 4.97. The molecule has 2 aromatic rings. The second kappa shape index (κ2) is 8.54. The summed E-state index contributed by atoms with van der Waals surface area (Å²) in [4.78, 5) is 26.6. The molecule has 1 aliphatic heterocycles. The first-order valence-corrected chi connectivity index (χ1v) is 8.97. The van der Waals surface area contributed by atoms with Crippen molar-refractivity contribution in [3.05, 3.63) is 64.1 Å². The number of halogens is 2. The zero-order chi connectivity index (χ0) is 18.5. The molecule has 136 valence electrons. The number of anilines is 1. The number of hydrogen-bond acceptors (Lipinski definition) is 4. The van der Waals surface area contributed by atoms with E-state index in [0.717, 1.165) is 5.56 Å². The first kappa shape index (κ1) is 18.7. The van der Waals surface area contributed by atoms with Gasteiger partial charge in [-0.25, -0.2) is 0 Å². The highest BCUT2D eigenvalue weighted by Gasteiger charge is 2.33. The largest absolute Gasteiger partial charge is 0.463 e. The molecular weight excluding hydrogens is 375 g/mol. The van der Waals surface area contributed by atoms with Crippen LogP contribution in [0.15, 0.2) is 48.5 Å².